The first-order chi connectivity index (χ1) is 13.6. The smallest absolute Gasteiger partial charge is 0.224 e. The van der Waals surface area contributed by atoms with Crippen LogP contribution in [-0.4, -0.2) is 50.0 Å². The molecule has 150 valence electrons. The molecule has 28 heavy (non-hydrogen) atoms. The van der Waals surface area contributed by atoms with Crippen molar-refractivity contribution < 1.29 is 14.3 Å². The zero-order valence-electron chi connectivity index (χ0n) is 16.2. The van der Waals surface area contributed by atoms with Crippen LogP contribution in [0.15, 0.2) is 30.3 Å². The highest BCUT2D eigenvalue weighted by atomic mass is 35.5. The van der Waals surface area contributed by atoms with Gasteiger partial charge in [-0.15, -0.1) is 10.2 Å². The van der Waals surface area contributed by atoms with Gasteiger partial charge in [-0.25, -0.2) is 0 Å². The maximum absolute atomic E-state index is 12.6. The summed E-state index contributed by atoms with van der Waals surface area (Å²) in [5, 5.41) is 11.4. The molecule has 1 aromatic heterocycles. The SMILES string of the molecule is COc1ccc(CCNC(=O)[C@H]2CCCN(c3ccc(Cl)nn3)C2)cc1OC. The molecule has 0 unspecified atom stereocenters. The molecule has 2 heterocycles. The van der Waals surface area contributed by atoms with Gasteiger partial charge in [0.1, 0.15) is 0 Å². The molecule has 3 rings (SSSR count). The summed E-state index contributed by atoms with van der Waals surface area (Å²) in [6.07, 6.45) is 2.54. The van der Waals surface area contributed by atoms with E-state index in [1.54, 1.807) is 20.3 Å². The van der Waals surface area contributed by atoms with E-state index in [2.05, 4.69) is 20.4 Å². The molecule has 0 spiro atoms. The largest absolute Gasteiger partial charge is 0.493 e. The van der Waals surface area contributed by atoms with Crippen molar-refractivity contribution >= 4 is 23.3 Å². The summed E-state index contributed by atoms with van der Waals surface area (Å²) in [6, 6.07) is 9.35. The van der Waals surface area contributed by atoms with Crippen molar-refractivity contribution in [2.24, 2.45) is 5.92 Å². The van der Waals surface area contributed by atoms with E-state index in [1.165, 1.54) is 0 Å². The van der Waals surface area contributed by atoms with Crippen LogP contribution in [0.5, 0.6) is 11.5 Å². The molecule has 1 saturated heterocycles. The van der Waals surface area contributed by atoms with Gasteiger partial charge in [0.2, 0.25) is 5.91 Å². The minimum absolute atomic E-state index is 0.0587. The maximum Gasteiger partial charge on any atom is 0.224 e. The monoisotopic (exact) mass is 404 g/mol. The molecule has 0 bridgehead atoms. The summed E-state index contributed by atoms with van der Waals surface area (Å²) in [6.45, 7) is 2.08. The van der Waals surface area contributed by atoms with Crippen LogP contribution < -0.4 is 19.7 Å². The zero-order valence-corrected chi connectivity index (χ0v) is 16.9. The van der Waals surface area contributed by atoms with Crippen molar-refractivity contribution in [1.29, 1.82) is 0 Å². The minimum atomic E-state index is -0.0587. The molecular weight excluding hydrogens is 380 g/mol. The van der Waals surface area contributed by atoms with Gasteiger partial charge in [0, 0.05) is 19.6 Å². The van der Waals surface area contributed by atoms with Crippen LogP contribution in [0.25, 0.3) is 0 Å². The molecule has 0 aliphatic carbocycles. The number of hydrogen-bond donors (Lipinski definition) is 1. The lowest BCUT2D eigenvalue weighted by atomic mass is 9.97. The topological polar surface area (TPSA) is 76.6 Å². The Morgan fingerprint density at radius 3 is 2.75 bits per heavy atom. The Hall–Kier alpha value is -2.54. The third-order valence-electron chi connectivity index (χ3n) is 4.89. The van der Waals surface area contributed by atoms with Gasteiger partial charge in [-0.2, -0.15) is 0 Å². The molecule has 1 N–H and O–H groups in total. The van der Waals surface area contributed by atoms with Gasteiger partial charge < -0.3 is 19.7 Å². The fourth-order valence-electron chi connectivity index (χ4n) is 3.39. The van der Waals surface area contributed by atoms with E-state index in [9.17, 15) is 4.79 Å². The van der Waals surface area contributed by atoms with Crippen molar-refractivity contribution in [3.8, 4) is 11.5 Å². The van der Waals surface area contributed by atoms with Crippen molar-refractivity contribution in [3.05, 3.63) is 41.0 Å². The Balaban J connectivity index is 1.51. The second kappa shape index (κ2) is 9.59. The number of carbonyl (C=O) groups is 1. The van der Waals surface area contributed by atoms with Crippen LogP contribution >= 0.6 is 11.6 Å². The number of methoxy groups -OCH3 is 2. The third-order valence-corrected chi connectivity index (χ3v) is 5.10. The summed E-state index contributed by atoms with van der Waals surface area (Å²) in [7, 11) is 3.23. The van der Waals surface area contributed by atoms with Crippen LogP contribution in [0.3, 0.4) is 0 Å². The number of ether oxygens (including phenoxy) is 2. The van der Waals surface area contributed by atoms with Gasteiger partial charge in [0.15, 0.2) is 22.5 Å². The van der Waals surface area contributed by atoms with E-state index in [4.69, 9.17) is 21.1 Å². The number of carbonyl (C=O) groups excluding carboxylic acids is 1. The number of anilines is 1. The maximum atomic E-state index is 12.6. The molecule has 8 heteroatoms. The summed E-state index contributed by atoms with van der Waals surface area (Å²) in [5.74, 6) is 2.16. The fraction of sp³-hybridized carbons (Fsp3) is 0.450. The van der Waals surface area contributed by atoms with Gasteiger partial charge >= 0.3 is 0 Å². The molecular formula is C20H25ClN4O3. The van der Waals surface area contributed by atoms with Crippen LogP contribution in [0, 0.1) is 5.92 Å². The predicted molar refractivity (Wildman–Crippen MR) is 108 cm³/mol. The van der Waals surface area contributed by atoms with Crippen molar-refractivity contribution in [3.63, 3.8) is 0 Å². The van der Waals surface area contributed by atoms with E-state index in [1.807, 2.05) is 24.3 Å². The first kappa shape index (κ1) is 20.2. The Morgan fingerprint density at radius 2 is 2.04 bits per heavy atom. The van der Waals surface area contributed by atoms with Crippen molar-refractivity contribution in [2.45, 2.75) is 19.3 Å². The molecule has 2 aromatic rings. The Morgan fingerprint density at radius 1 is 1.21 bits per heavy atom. The third kappa shape index (κ3) is 5.04. The molecule has 1 fully saturated rings. The first-order valence-electron chi connectivity index (χ1n) is 9.33. The van der Waals surface area contributed by atoms with Crippen LogP contribution in [-0.2, 0) is 11.2 Å². The lowest BCUT2D eigenvalue weighted by Gasteiger charge is -2.32. The van der Waals surface area contributed by atoms with Crippen molar-refractivity contribution in [2.75, 3.05) is 38.8 Å². The van der Waals surface area contributed by atoms with Gasteiger partial charge in [-0.1, -0.05) is 17.7 Å². The summed E-state index contributed by atoms with van der Waals surface area (Å²) < 4.78 is 10.6. The average Bonchev–Trinajstić information content (AvgIpc) is 2.74. The molecule has 0 saturated carbocycles. The van der Waals surface area contributed by atoms with Gasteiger partial charge in [-0.3, -0.25) is 4.79 Å². The normalized spacial score (nSPS) is 16.5. The lowest BCUT2D eigenvalue weighted by molar-refractivity contribution is -0.125. The highest BCUT2D eigenvalue weighted by Crippen LogP contribution is 2.27. The number of nitrogens with one attached hydrogen (secondary N) is 1. The average molecular weight is 405 g/mol. The number of rotatable bonds is 7. The van der Waals surface area contributed by atoms with Crippen LogP contribution in [0.1, 0.15) is 18.4 Å². The minimum Gasteiger partial charge on any atom is -0.493 e. The number of hydrogen-bond acceptors (Lipinski definition) is 6. The molecule has 1 aliphatic rings. The fourth-order valence-corrected chi connectivity index (χ4v) is 3.49. The van der Waals surface area contributed by atoms with E-state index in [0.717, 1.165) is 37.2 Å². The Kier molecular flexibility index (Phi) is 6.92. The zero-order chi connectivity index (χ0) is 19.9. The van der Waals surface area contributed by atoms with Gasteiger partial charge in [0.05, 0.1) is 20.1 Å². The first-order valence-corrected chi connectivity index (χ1v) is 9.71. The number of piperidine rings is 1. The van der Waals surface area contributed by atoms with Gasteiger partial charge in [0.25, 0.3) is 0 Å². The number of halogens is 1. The van der Waals surface area contributed by atoms with E-state index in [-0.39, 0.29) is 11.8 Å². The number of aromatic nitrogens is 2. The Bertz CT molecular complexity index is 801. The number of amides is 1. The van der Waals surface area contributed by atoms with E-state index >= 15 is 0 Å². The van der Waals surface area contributed by atoms with Crippen LogP contribution in [0.2, 0.25) is 5.15 Å². The second-order valence-electron chi connectivity index (χ2n) is 6.73. The molecule has 1 aliphatic heterocycles. The molecule has 0 radical (unpaired) electrons. The van der Waals surface area contributed by atoms with Crippen LogP contribution in [0.4, 0.5) is 5.82 Å². The number of benzene rings is 1. The summed E-state index contributed by atoms with van der Waals surface area (Å²) in [4.78, 5) is 14.7. The quantitative estimate of drug-likeness (QED) is 0.764. The molecule has 1 aromatic carbocycles. The molecule has 7 nitrogen and oxygen atoms in total. The summed E-state index contributed by atoms with van der Waals surface area (Å²) in [5.41, 5.74) is 1.08. The molecule has 1 atom stereocenters. The molecule has 1 amide bonds. The highest BCUT2D eigenvalue weighted by Gasteiger charge is 2.26. The standard InChI is InChI=1S/C20H25ClN4O3/c1-27-16-6-5-14(12-17(16)28-2)9-10-22-20(26)15-4-3-11-25(13-15)19-8-7-18(21)23-24-19/h5-8,12,15H,3-4,9-11,13H2,1-2H3,(H,22,26)/t15-/m0/s1. The van der Waals surface area contributed by atoms with E-state index < -0.39 is 0 Å². The second-order valence-corrected chi connectivity index (χ2v) is 7.12. The highest BCUT2D eigenvalue weighted by molar-refractivity contribution is 6.29. The predicted octanol–water partition coefficient (Wildman–Crippen LogP) is 2.72. The van der Waals surface area contributed by atoms with Crippen molar-refractivity contribution in [1.82, 2.24) is 15.5 Å². The lowest BCUT2D eigenvalue weighted by Crippen LogP contribution is -2.43. The van der Waals surface area contributed by atoms with E-state index in [0.29, 0.717) is 29.7 Å². The Labute approximate surface area is 170 Å². The summed E-state index contributed by atoms with van der Waals surface area (Å²) >= 11 is 5.80. The number of nitrogens with zero attached hydrogens (tertiary/aromatic N) is 3. The van der Waals surface area contributed by atoms with Gasteiger partial charge in [-0.05, 0) is 49.1 Å².